The van der Waals surface area contributed by atoms with Gasteiger partial charge in [-0.2, -0.15) is 0 Å². The van der Waals surface area contributed by atoms with Gasteiger partial charge in [-0.05, 0) is 68.1 Å². The third-order valence-corrected chi connectivity index (χ3v) is 10.2. The van der Waals surface area contributed by atoms with E-state index in [9.17, 15) is 18.0 Å². The molecule has 1 aliphatic carbocycles. The Morgan fingerprint density at radius 2 is 1.71 bits per heavy atom. The summed E-state index contributed by atoms with van der Waals surface area (Å²) < 4.78 is 41.9. The first-order valence-electron chi connectivity index (χ1n) is 15.0. The van der Waals surface area contributed by atoms with E-state index >= 15 is 0 Å². The van der Waals surface area contributed by atoms with E-state index in [0.717, 1.165) is 16.9 Å². The predicted octanol–water partition coefficient (Wildman–Crippen LogP) is 4.91. The molecule has 1 saturated heterocycles. The summed E-state index contributed by atoms with van der Waals surface area (Å²) in [5.74, 6) is 1.32. The standard InChI is InChI=1S/C33H33N5O6S/c1-20-4-12-27(13-5-20)45(41,42)37-15-14-28-32(37)34-17-30-31(24-8-10-25(11-9-24)43-19-23-6-7-23)35-33(38(28)30)29-16-26(44-22(3)40)18-36(29)21(2)39/h4-5,8-15,17,23,26,29H,6-7,16,18-19H2,1-3H3/t26-,29-/m1/s1. The second-order valence-electron chi connectivity index (χ2n) is 11.9. The van der Waals surface area contributed by atoms with Gasteiger partial charge in [0.15, 0.2) is 5.65 Å². The number of hydrogen-bond acceptors (Lipinski definition) is 8. The number of aryl methyl sites for hydroxylation is 1. The number of ether oxygens (including phenoxy) is 2. The largest absolute Gasteiger partial charge is 0.493 e. The summed E-state index contributed by atoms with van der Waals surface area (Å²) in [6.45, 7) is 5.65. The molecule has 0 N–H and O–H groups in total. The second kappa shape index (κ2) is 11.0. The van der Waals surface area contributed by atoms with Crippen LogP contribution >= 0.6 is 0 Å². The van der Waals surface area contributed by atoms with Gasteiger partial charge in [0, 0.05) is 32.0 Å². The number of hydrogen-bond donors (Lipinski definition) is 0. The van der Waals surface area contributed by atoms with Gasteiger partial charge in [0.05, 0.1) is 47.0 Å². The summed E-state index contributed by atoms with van der Waals surface area (Å²) >= 11 is 0. The van der Waals surface area contributed by atoms with Crippen LogP contribution in [0.15, 0.2) is 71.9 Å². The molecule has 232 valence electrons. The van der Waals surface area contributed by atoms with Crippen LogP contribution in [-0.4, -0.2) is 62.8 Å². The molecule has 0 radical (unpaired) electrons. The first-order valence-corrected chi connectivity index (χ1v) is 16.4. The molecule has 2 fully saturated rings. The van der Waals surface area contributed by atoms with Gasteiger partial charge in [0.25, 0.3) is 10.0 Å². The van der Waals surface area contributed by atoms with Crippen LogP contribution in [0.5, 0.6) is 5.75 Å². The maximum absolute atomic E-state index is 13.7. The van der Waals surface area contributed by atoms with Crippen LogP contribution in [-0.2, 0) is 24.3 Å². The maximum atomic E-state index is 13.7. The lowest BCUT2D eigenvalue weighted by Crippen LogP contribution is -2.31. The summed E-state index contributed by atoms with van der Waals surface area (Å²) in [7, 11) is -3.96. The summed E-state index contributed by atoms with van der Waals surface area (Å²) in [6, 6.07) is 15.5. The van der Waals surface area contributed by atoms with Gasteiger partial charge in [0.1, 0.15) is 17.7 Å². The van der Waals surface area contributed by atoms with Gasteiger partial charge in [-0.1, -0.05) is 17.7 Å². The van der Waals surface area contributed by atoms with Crippen molar-refractivity contribution >= 4 is 38.6 Å². The number of aromatic nitrogens is 4. The highest BCUT2D eigenvalue weighted by Gasteiger charge is 2.40. The molecule has 3 aromatic heterocycles. The lowest BCUT2D eigenvalue weighted by Gasteiger charge is -2.22. The molecule has 11 nitrogen and oxygen atoms in total. The topological polar surface area (TPSA) is 125 Å². The number of likely N-dealkylation sites (tertiary alicyclic amines) is 1. The number of amides is 1. The van der Waals surface area contributed by atoms with Crippen LogP contribution in [0.25, 0.3) is 27.9 Å². The molecule has 5 aromatic rings. The Labute approximate surface area is 260 Å². The van der Waals surface area contributed by atoms with Crippen LogP contribution in [0.4, 0.5) is 0 Å². The predicted molar refractivity (Wildman–Crippen MR) is 166 cm³/mol. The van der Waals surface area contributed by atoms with Crippen LogP contribution in [0.1, 0.15) is 50.5 Å². The normalized spacial score (nSPS) is 18.5. The van der Waals surface area contributed by atoms with E-state index in [0.29, 0.717) is 41.5 Å². The highest BCUT2D eigenvalue weighted by atomic mass is 32.2. The summed E-state index contributed by atoms with van der Waals surface area (Å²) in [5.41, 5.74) is 3.77. The number of carbonyl (C=O) groups excluding carboxylic acids is 2. The first-order chi connectivity index (χ1) is 21.6. The maximum Gasteiger partial charge on any atom is 0.302 e. The number of carbonyl (C=O) groups is 2. The Morgan fingerprint density at radius 1 is 0.978 bits per heavy atom. The smallest absolute Gasteiger partial charge is 0.302 e. The van der Waals surface area contributed by atoms with Crippen LogP contribution in [0.3, 0.4) is 0 Å². The number of imidazole rings is 1. The molecule has 0 bridgehead atoms. The number of fused-ring (bicyclic) bond motifs is 3. The van der Waals surface area contributed by atoms with Crippen molar-refractivity contribution in [1.29, 1.82) is 0 Å². The summed E-state index contributed by atoms with van der Waals surface area (Å²) in [4.78, 5) is 36.2. The molecule has 0 unspecified atom stereocenters. The van der Waals surface area contributed by atoms with Crippen LogP contribution in [0.2, 0.25) is 0 Å². The zero-order chi connectivity index (χ0) is 31.5. The number of esters is 1. The molecular weight excluding hydrogens is 594 g/mol. The van der Waals surface area contributed by atoms with Gasteiger partial charge in [0.2, 0.25) is 5.91 Å². The minimum Gasteiger partial charge on any atom is -0.493 e. The van der Waals surface area contributed by atoms with Gasteiger partial charge >= 0.3 is 5.97 Å². The fourth-order valence-electron chi connectivity index (χ4n) is 6.01. The van der Waals surface area contributed by atoms with E-state index in [4.69, 9.17) is 14.5 Å². The highest BCUT2D eigenvalue weighted by Crippen LogP contribution is 2.38. The molecular formula is C33H33N5O6S. The Balaban J connectivity index is 1.38. The van der Waals surface area contributed by atoms with E-state index in [1.807, 2.05) is 35.6 Å². The number of benzene rings is 2. The Kier molecular flexibility index (Phi) is 7.11. The lowest BCUT2D eigenvalue weighted by molar-refractivity contribution is -0.146. The fraction of sp³-hybridized carbons (Fsp3) is 0.333. The van der Waals surface area contributed by atoms with Crippen molar-refractivity contribution in [2.75, 3.05) is 13.2 Å². The molecule has 45 heavy (non-hydrogen) atoms. The van der Waals surface area contributed by atoms with Crippen LogP contribution < -0.4 is 4.74 Å². The van der Waals surface area contributed by atoms with Crippen molar-refractivity contribution in [3.05, 3.63) is 78.4 Å². The average molecular weight is 628 g/mol. The third-order valence-electron chi connectivity index (χ3n) is 8.48. The van der Waals surface area contributed by atoms with Crippen molar-refractivity contribution in [2.24, 2.45) is 5.92 Å². The molecule has 2 aromatic carbocycles. The Hall–Kier alpha value is -4.71. The molecule has 1 amide bonds. The SMILES string of the molecule is CC(=O)O[C@@H]1C[C@H](c2nc(-c3ccc(OCC4CC4)cc3)c3cnc4c(ccn4S(=O)(=O)c4ccc(C)cc4)n23)N(C(C)=O)C1. The second-order valence-corrected chi connectivity index (χ2v) is 13.7. The lowest BCUT2D eigenvalue weighted by atomic mass is 10.1. The van der Waals surface area contributed by atoms with E-state index in [2.05, 4.69) is 4.98 Å². The van der Waals surface area contributed by atoms with Crippen molar-refractivity contribution < 1.29 is 27.5 Å². The van der Waals surface area contributed by atoms with E-state index in [1.165, 1.54) is 36.9 Å². The zero-order valence-corrected chi connectivity index (χ0v) is 26.0. The quantitative estimate of drug-likeness (QED) is 0.222. The highest BCUT2D eigenvalue weighted by molar-refractivity contribution is 7.90. The summed E-state index contributed by atoms with van der Waals surface area (Å²) in [6.07, 6.45) is 5.35. The van der Waals surface area contributed by atoms with Gasteiger partial charge in [-0.15, -0.1) is 0 Å². The monoisotopic (exact) mass is 627 g/mol. The van der Waals surface area contributed by atoms with E-state index in [1.54, 1.807) is 41.4 Å². The molecule has 4 heterocycles. The first kappa shape index (κ1) is 29.0. The van der Waals surface area contributed by atoms with Crippen molar-refractivity contribution in [2.45, 2.75) is 57.1 Å². The average Bonchev–Trinajstić information content (AvgIpc) is 3.39. The molecule has 12 heteroatoms. The minimum absolute atomic E-state index is 0.144. The summed E-state index contributed by atoms with van der Waals surface area (Å²) in [5, 5.41) is 0. The molecule has 0 spiro atoms. The number of nitrogens with zero attached hydrogens (tertiary/aromatic N) is 5. The molecule has 7 rings (SSSR count). The van der Waals surface area contributed by atoms with Crippen molar-refractivity contribution in [3.8, 4) is 17.0 Å². The fourth-order valence-corrected chi connectivity index (χ4v) is 7.31. The third kappa shape index (κ3) is 5.33. The Morgan fingerprint density at radius 3 is 2.38 bits per heavy atom. The number of rotatable bonds is 8. The van der Waals surface area contributed by atoms with Gasteiger partial charge < -0.3 is 14.4 Å². The molecule has 2 aliphatic rings. The van der Waals surface area contributed by atoms with Crippen molar-refractivity contribution in [3.63, 3.8) is 0 Å². The Bertz CT molecular complexity index is 2050. The molecule has 2 atom stereocenters. The van der Waals surface area contributed by atoms with Gasteiger partial charge in [-0.3, -0.25) is 14.0 Å². The molecule has 1 saturated carbocycles. The van der Waals surface area contributed by atoms with Gasteiger partial charge in [-0.25, -0.2) is 22.4 Å². The van der Waals surface area contributed by atoms with E-state index < -0.39 is 28.1 Å². The zero-order valence-electron chi connectivity index (χ0n) is 25.2. The van der Waals surface area contributed by atoms with Crippen LogP contribution in [0, 0.1) is 12.8 Å². The minimum atomic E-state index is -3.96. The molecule has 1 aliphatic heterocycles. The van der Waals surface area contributed by atoms with Crippen molar-refractivity contribution in [1.82, 2.24) is 23.2 Å². The van der Waals surface area contributed by atoms with E-state index in [-0.39, 0.29) is 23.0 Å².